The van der Waals surface area contributed by atoms with Crippen LogP contribution in [0.25, 0.3) is 11.2 Å². The van der Waals surface area contributed by atoms with Crippen molar-refractivity contribution in [2.75, 3.05) is 11.9 Å². The number of hydrogen-bond acceptors (Lipinski definition) is 10. The molecule has 0 unspecified atom stereocenters. The van der Waals surface area contributed by atoms with E-state index in [1.54, 1.807) is 11.3 Å². The summed E-state index contributed by atoms with van der Waals surface area (Å²) in [6.07, 6.45) is -2.14. The van der Waals surface area contributed by atoms with Gasteiger partial charge in [0.25, 0.3) is 0 Å². The van der Waals surface area contributed by atoms with Crippen molar-refractivity contribution in [3.8, 4) is 0 Å². The van der Waals surface area contributed by atoms with Crippen molar-refractivity contribution in [1.82, 2.24) is 24.2 Å². The quantitative estimate of drug-likeness (QED) is 0.301. The van der Waals surface area contributed by atoms with E-state index in [9.17, 15) is 18.6 Å². The zero-order valence-corrected chi connectivity index (χ0v) is 16.4. The zero-order chi connectivity index (χ0) is 20.6. The number of nitrogens with zero attached hydrogens (tertiary/aromatic N) is 4. The van der Waals surface area contributed by atoms with Gasteiger partial charge in [-0.3, -0.25) is 9.12 Å². The number of aliphatic hydroxyl groups excluding tert-OH is 2. The Morgan fingerprint density at radius 1 is 1.24 bits per heavy atom. The molecule has 0 bridgehead atoms. The first-order valence-corrected chi connectivity index (χ1v) is 10.8. The molecular formula is C15H18N6O6S2. The second-order valence-corrected chi connectivity index (χ2v) is 8.62. The number of anilines is 1. The van der Waals surface area contributed by atoms with Gasteiger partial charge in [0.05, 0.1) is 12.9 Å². The van der Waals surface area contributed by atoms with Crippen molar-refractivity contribution in [1.29, 1.82) is 0 Å². The van der Waals surface area contributed by atoms with Crippen molar-refractivity contribution in [3.05, 3.63) is 35.0 Å². The Morgan fingerprint density at radius 3 is 2.79 bits per heavy atom. The summed E-state index contributed by atoms with van der Waals surface area (Å²) in [6.45, 7) is 0.143. The highest BCUT2D eigenvalue weighted by Gasteiger charge is 2.44. The monoisotopic (exact) mass is 442 g/mol. The number of hydrogen-bond donors (Lipinski definition) is 5. The van der Waals surface area contributed by atoms with E-state index in [0.717, 1.165) is 4.88 Å². The molecule has 5 N–H and O–H groups in total. The van der Waals surface area contributed by atoms with E-state index in [2.05, 4.69) is 20.3 Å². The standard InChI is InChI=1S/C15H18N6O6S2/c22-11-9(5-20-29(24,25)26)27-15(12(11)23)21-7-19-10-13(17-6-18-14(10)21)16-4-8-2-1-3-28-8/h1-3,6-7,9,11-12,15,20,22-23H,4-5H2,(H,16,17,18)(H,24,25,26)/t9-,11-,12-,15-/m1/s1. The number of ether oxygens (including phenoxy) is 1. The summed E-state index contributed by atoms with van der Waals surface area (Å²) in [5.41, 5.74) is 0.821. The molecule has 3 aromatic heterocycles. The summed E-state index contributed by atoms with van der Waals surface area (Å²) >= 11 is 1.60. The van der Waals surface area contributed by atoms with Gasteiger partial charge in [0.2, 0.25) is 0 Å². The second-order valence-electron chi connectivity index (χ2n) is 6.35. The van der Waals surface area contributed by atoms with Crippen molar-refractivity contribution >= 4 is 38.6 Å². The van der Waals surface area contributed by atoms with Crippen LogP contribution in [0.15, 0.2) is 30.2 Å². The lowest BCUT2D eigenvalue weighted by Crippen LogP contribution is -2.39. The summed E-state index contributed by atoms with van der Waals surface area (Å²) in [5.74, 6) is 0.500. The number of fused-ring (bicyclic) bond motifs is 1. The predicted octanol–water partition coefficient (Wildman–Crippen LogP) is -0.489. The molecule has 156 valence electrons. The normalized spacial score (nSPS) is 24.9. The SMILES string of the molecule is O=S(=O)(O)NC[C@H]1O[C@@H](n2cnc3c(NCc4cccs4)ncnc32)[C@H](O)[C@@H]1O. The van der Waals surface area contributed by atoms with Gasteiger partial charge in [-0.2, -0.15) is 13.1 Å². The second kappa shape index (κ2) is 7.91. The molecule has 0 aliphatic carbocycles. The highest BCUT2D eigenvalue weighted by atomic mass is 32.2. The Labute approximate surface area is 169 Å². The summed E-state index contributed by atoms with van der Waals surface area (Å²) in [6, 6.07) is 3.93. The Balaban J connectivity index is 1.55. The van der Waals surface area contributed by atoms with Gasteiger partial charge in [-0.15, -0.1) is 11.3 Å². The molecule has 1 fully saturated rings. The first kappa shape index (κ1) is 20.1. The number of aromatic nitrogens is 4. The molecule has 0 spiro atoms. The Kier molecular flexibility index (Phi) is 5.48. The lowest BCUT2D eigenvalue weighted by Gasteiger charge is -2.16. The van der Waals surface area contributed by atoms with E-state index >= 15 is 0 Å². The molecule has 1 saturated heterocycles. The number of nitrogens with one attached hydrogen (secondary N) is 2. The van der Waals surface area contributed by atoms with Gasteiger partial charge in [-0.05, 0) is 11.4 Å². The van der Waals surface area contributed by atoms with Crippen molar-refractivity contribution < 1.29 is 27.9 Å². The number of rotatable bonds is 7. The van der Waals surface area contributed by atoms with E-state index in [-0.39, 0.29) is 0 Å². The van der Waals surface area contributed by atoms with Crippen molar-refractivity contribution in [3.63, 3.8) is 0 Å². The molecule has 29 heavy (non-hydrogen) atoms. The predicted molar refractivity (Wildman–Crippen MR) is 102 cm³/mol. The number of imidazole rings is 1. The van der Waals surface area contributed by atoms with E-state index < -0.39 is 41.4 Å². The molecule has 12 nitrogen and oxygen atoms in total. The smallest absolute Gasteiger partial charge is 0.333 e. The van der Waals surface area contributed by atoms with Crippen LogP contribution in [0.5, 0.6) is 0 Å². The Bertz CT molecular complexity index is 1090. The van der Waals surface area contributed by atoms with Gasteiger partial charge in [0.15, 0.2) is 23.2 Å². The lowest BCUT2D eigenvalue weighted by molar-refractivity contribution is -0.0331. The summed E-state index contributed by atoms with van der Waals surface area (Å²) in [5, 5.41) is 25.7. The number of thiophene rings is 1. The zero-order valence-electron chi connectivity index (χ0n) is 14.8. The fourth-order valence-electron chi connectivity index (χ4n) is 3.07. The summed E-state index contributed by atoms with van der Waals surface area (Å²) in [4.78, 5) is 13.8. The molecule has 3 aromatic rings. The Morgan fingerprint density at radius 2 is 2.07 bits per heavy atom. The van der Waals surface area contributed by atoms with E-state index in [1.165, 1.54) is 17.2 Å². The third kappa shape index (κ3) is 4.23. The number of aliphatic hydroxyl groups is 2. The maximum atomic E-state index is 10.9. The molecule has 0 amide bonds. The molecule has 14 heteroatoms. The molecule has 0 aromatic carbocycles. The maximum absolute atomic E-state index is 10.9. The molecule has 0 radical (unpaired) electrons. The minimum Gasteiger partial charge on any atom is -0.387 e. The van der Waals surface area contributed by atoms with E-state index in [0.29, 0.717) is 23.5 Å². The highest BCUT2D eigenvalue weighted by Crippen LogP contribution is 2.32. The van der Waals surface area contributed by atoms with Gasteiger partial charge in [-0.1, -0.05) is 6.07 Å². The van der Waals surface area contributed by atoms with Crippen LogP contribution < -0.4 is 10.0 Å². The third-order valence-electron chi connectivity index (χ3n) is 4.45. The fourth-order valence-corrected chi connectivity index (χ4v) is 4.09. The van der Waals surface area contributed by atoms with E-state index in [1.807, 2.05) is 22.2 Å². The van der Waals surface area contributed by atoms with Gasteiger partial charge < -0.3 is 20.3 Å². The van der Waals surface area contributed by atoms with Crippen LogP contribution in [0, 0.1) is 0 Å². The van der Waals surface area contributed by atoms with E-state index in [4.69, 9.17) is 9.29 Å². The average molecular weight is 442 g/mol. The van der Waals surface area contributed by atoms with Gasteiger partial charge in [0, 0.05) is 11.4 Å². The topological polar surface area (TPSA) is 172 Å². The fraction of sp³-hybridized carbons (Fsp3) is 0.400. The van der Waals surface area contributed by atoms with Crippen LogP contribution in [0.1, 0.15) is 11.1 Å². The molecule has 4 heterocycles. The molecule has 4 atom stereocenters. The first-order valence-electron chi connectivity index (χ1n) is 8.51. The molecule has 1 aliphatic heterocycles. The van der Waals surface area contributed by atoms with Crippen LogP contribution in [-0.4, -0.2) is 67.6 Å². The minimum absolute atomic E-state index is 0.369. The van der Waals surface area contributed by atoms with Gasteiger partial charge in [0.1, 0.15) is 24.6 Å². The Hall–Kier alpha value is -2.20. The molecule has 1 aliphatic rings. The highest BCUT2D eigenvalue weighted by molar-refractivity contribution is 7.83. The van der Waals surface area contributed by atoms with Crippen molar-refractivity contribution in [2.45, 2.75) is 31.1 Å². The largest absolute Gasteiger partial charge is 0.387 e. The maximum Gasteiger partial charge on any atom is 0.333 e. The first-order chi connectivity index (χ1) is 13.8. The lowest BCUT2D eigenvalue weighted by atomic mass is 10.1. The van der Waals surface area contributed by atoms with Crippen LogP contribution in [0.2, 0.25) is 0 Å². The molecular weight excluding hydrogens is 424 g/mol. The minimum atomic E-state index is -4.46. The van der Waals surface area contributed by atoms with Crippen LogP contribution >= 0.6 is 11.3 Å². The van der Waals surface area contributed by atoms with Crippen LogP contribution in [0.3, 0.4) is 0 Å². The summed E-state index contributed by atoms with van der Waals surface area (Å²) < 4.78 is 39.4. The molecule has 0 saturated carbocycles. The third-order valence-corrected chi connectivity index (χ3v) is 5.86. The van der Waals surface area contributed by atoms with Gasteiger partial charge in [-0.25, -0.2) is 15.0 Å². The van der Waals surface area contributed by atoms with Crippen molar-refractivity contribution in [2.24, 2.45) is 0 Å². The average Bonchev–Trinajstić information content (AvgIpc) is 3.39. The summed E-state index contributed by atoms with van der Waals surface area (Å²) in [7, 11) is -4.46. The van der Waals surface area contributed by atoms with Crippen LogP contribution in [0.4, 0.5) is 5.82 Å². The molecule has 4 rings (SSSR count). The van der Waals surface area contributed by atoms with Crippen LogP contribution in [-0.2, 0) is 21.6 Å². The van der Waals surface area contributed by atoms with Gasteiger partial charge >= 0.3 is 10.3 Å².